The number of benzene rings is 4. The molecule has 9 nitrogen and oxygen atoms in total. The maximum Gasteiger partial charge on any atom is 0.409 e. The van der Waals surface area contributed by atoms with Crippen molar-refractivity contribution in [2.45, 2.75) is 46.0 Å². The van der Waals surface area contributed by atoms with Crippen molar-refractivity contribution in [3.63, 3.8) is 0 Å². The van der Waals surface area contributed by atoms with Crippen LogP contribution in [-0.2, 0) is 43.1 Å². The molecule has 0 amide bonds. The minimum absolute atomic E-state index is 0.149. The van der Waals surface area contributed by atoms with Crippen LogP contribution in [0.25, 0.3) is 0 Å². The molecule has 0 unspecified atom stereocenters. The Kier molecular flexibility index (Phi) is 18.1. The molecule has 0 spiro atoms. The first kappa shape index (κ1) is 38.0. The Labute approximate surface area is 280 Å². The van der Waals surface area contributed by atoms with E-state index in [2.05, 4.69) is 4.74 Å². The summed E-state index contributed by atoms with van der Waals surface area (Å²) in [5.74, 6) is 0.369. The van der Waals surface area contributed by atoms with Crippen LogP contribution in [0.5, 0.6) is 11.5 Å². The Morgan fingerprint density at radius 3 is 1.38 bits per heavy atom. The third kappa shape index (κ3) is 17.8. The Bertz CT molecular complexity index is 1500. The number of anilines is 1. The van der Waals surface area contributed by atoms with Crippen LogP contribution in [-0.4, -0.2) is 36.6 Å². The lowest BCUT2D eigenvalue weighted by atomic mass is 10.1. The number of carbonyl (C=O) groups excluding carboxylic acids is 4. The topological polar surface area (TPSA) is 131 Å². The van der Waals surface area contributed by atoms with E-state index >= 15 is 0 Å². The highest BCUT2D eigenvalue weighted by Crippen LogP contribution is 2.13. The molecule has 248 valence electrons. The van der Waals surface area contributed by atoms with Gasteiger partial charge in [0.2, 0.25) is 0 Å². The van der Waals surface area contributed by atoms with Crippen LogP contribution < -0.4 is 15.2 Å². The smallest absolute Gasteiger partial charge is 0.409 e. The lowest BCUT2D eigenvalue weighted by Crippen LogP contribution is -2.11. The average Bonchev–Trinajstić information content (AvgIpc) is 3.06. The molecule has 0 saturated carbocycles. The van der Waals surface area contributed by atoms with Gasteiger partial charge in [-0.25, -0.2) is 4.79 Å². The number of esters is 3. The molecule has 0 fully saturated rings. The maximum absolute atomic E-state index is 11.9. The summed E-state index contributed by atoms with van der Waals surface area (Å²) < 4.78 is 19.5. The van der Waals surface area contributed by atoms with Crippen LogP contribution in [0.3, 0.4) is 0 Å². The van der Waals surface area contributed by atoms with Gasteiger partial charge in [0.1, 0.15) is 11.5 Å². The number of carbonyl (C=O) groups is 4. The van der Waals surface area contributed by atoms with E-state index in [0.29, 0.717) is 50.4 Å². The Balaban J connectivity index is 0.000000271. The normalized spacial score (nSPS) is 9.77. The third-order valence-corrected chi connectivity index (χ3v) is 6.19. The number of hydrogen-bond acceptors (Lipinski definition) is 9. The van der Waals surface area contributed by atoms with E-state index in [1.807, 2.05) is 72.8 Å². The van der Waals surface area contributed by atoms with E-state index in [-0.39, 0.29) is 24.3 Å². The van der Waals surface area contributed by atoms with E-state index in [4.69, 9.17) is 31.5 Å². The maximum atomic E-state index is 11.9. The summed E-state index contributed by atoms with van der Waals surface area (Å²) in [6.07, 6.45) is 2.35. The highest BCUT2D eigenvalue weighted by molar-refractivity contribution is 6.61. The molecule has 0 aromatic heterocycles. The number of para-hydroxylation sites is 2. The van der Waals surface area contributed by atoms with Gasteiger partial charge >= 0.3 is 23.3 Å². The summed E-state index contributed by atoms with van der Waals surface area (Å²) >= 11 is 4.95. The molecule has 0 aliphatic rings. The predicted molar refractivity (Wildman–Crippen MR) is 181 cm³/mol. The zero-order valence-electron chi connectivity index (χ0n) is 26.6. The fourth-order valence-electron chi connectivity index (χ4n) is 3.87. The molecule has 4 aromatic rings. The molecule has 2 N–H and O–H groups in total. The minimum atomic E-state index is -0.814. The summed E-state index contributed by atoms with van der Waals surface area (Å²) in [5, 5.41) is 0. The minimum Gasteiger partial charge on any atom is -0.466 e. The molecule has 0 bridgehead atoms. The van der Waals surface area contributed by atoms with Crippen molar-refractivity contribution in [2.75, 3.05) is 18.9 Å². The van der Waals surface area contributed by atoms with E-state index < -0.39 is 5.43 Å². The van der Waals surface area contributed by atoms with E-state index in [1.165, 1.54) is 0 Å². The number of halogens is 1. The Morgan fingerprint density at radius 1 is 0.553 bits per heavy atom. The number of aryl methyl sites for hydroxylation is 2. The van der Waals surface area contributed by atoms with E-state index in [0.717, 1.165) is 22.4 Å². The molecule has 4 rings (SSSR count). The van der Waals surface area contributed by atoms with Gasteiger partial charge in [0.25, 0.3) is 0 Å². The summed E-state index contributed by atoms with van der Waals surface area (Å²) in [6, 6.07) is 32.8. The molecule has 0 aliphatic heterocycles. The molecule has 10 heteroatoms. The van der Waals surface area contributed by atoms with Crippen LogP contribution in [0.4, 0.5) is 10.5 Å². The van der Waals surface area contributed by atoms with Gasteiger partial charge in [-0.05, 0) is 79.8 Å². The zero-order chi connectivity index (χ0) is 34.3. The lowest BCUT2D eigenvalue weighted by Gasteiger charge is -2.06. The van der Waals surface area contributed by atoms with Gasteiger partial charge in [-0.15, -0.1) is 0 Å². The SMILES string of the molecule is CCOC(=O)CCc1ccc(CC(=O)Oc2ccccc2)cc1.CCOC(=O)CCc1ccc(N)cc1.O=C(Cl)Oc1ccccc1. The number of hydrogen-bond donors (Lipinski definition) is 1. The van der Waals surface area contributed by atoms with Gasteiger partial charge in [0.15, 0.2) is 0 Å². The van der Waals surface area contributed by atoms with E-state index in [1.54, 1.807) is 50.2 Å². The Morgan fingerprint density at radius 2 is 0.957 bits per heavy atom. The number of ether oxygens (including phenoxy) is 4. The number of nitrogen functional groups attached to an aromatic ring is 1. The van der Waals surface area contributed by atoms with Crippen LogP contribution in [0.2, 0.25) is 0 Å². The first-order valence-electron chi connectivity index (χ1n) is 15.1. The van der Waals surface area contributed by atoms with Crippen molar-refractivity contribution in [1.82, 2.24) is 0 Å². The van der Waals surface area contributed by atoms with Gasteiger partial charge in [0, 0.05) is 30.1 Å². The van der Waals surface area contributed by atoms with Crippen LogP contribution >= 0.6 is 11.6 Å². The van der Waals surface area contributed by atoms with Crippen molar-refractivity contribution >= 4 is 40.6 Å². The molecule has 0 atom stereocenters. The third-order valence-electron chi connectivity index (χ3n) is 6.11. The first-order valence-corrected chi connectivity index (χ1v) is 15.5. The lowest BCUT2D eigenvalue weighted by molar-refractivity contribution is -0.144. The van der Waals surface area contributed by atoms with Gasteiger partial charge in [0.05, 0.1) is 19.6 Å². The summed E-state index contributed by atoms with van der Waals surface area (Å²) in [5.41, 5.74) is 8.49. The van der Waals surface area contributed by atoms with Gasteiger partial charge in [-0.2, -0.15) is 0 Å². The first-order chi connectivity index (χ1) is 22.7. The largest absolute Gasteiger partial charge is 0.466 e. The summed E-state index contributed by atoms with van der Waals surface area (Å²) in [7, 11) is 0. The van der Waals surface area contributed by atoms with Crippen molar-refractivity contribution in [3.05, 3.63) is 126 Å². The number of nitrogens with two attached hydrogens (primary N) is 1. The second-order valence-corrected chi connectivity index (χ2v) is 10.1. The van der Waals surface area contributed by atoms with Crippen molar-refractivity contribution in [1.29, 1.82) is 0 Å². The predicted octanol–water partition coefficient (Wildman–Crippen LogP) is 7.52. The van der Waals surface area contributed by atoms with E-state index in [9.17, 15) is 19.2 Å². The standard InChI is InChI=1S/C19H20O4.C11H15NO2.C7H5ClO2/c1-2-22-18(20)13-12-15-8-10-16(11-9-15)14-19(21)23-17-6-4-3-5-7-17;1-2-14-11(13)8-5-9-3-6-10(12)7-4-9;8-7(9)10-6-4-2-1-3-5-6/h3-11H,2,12-14H2,1H3;3-4,6-7H,2,5,8,12H2,1H3;1-5H. The highest BCUT2D eigenvalue weighted by atomic mass is 35.5. The molecule has 0 radical (unpaired) electrons. The molecular weight excluding hydrogens is 622 g/mol. The van der Waals surface area contributed by atoms with Crippen molar-refractivity contribution in [3.8, 4) is 11.5 Å². The zero-order valence-corrected chi connectivity index (χ0v) is 27.3. The molecular formula is C37H40ClNO8. The fourth-order valence-corrected chi connectivity index (χ4v) is 3.96. The molecule has 0 aliphatic carbocycles. The molecule has 0 heterocycles. The second-order valence-electron chi connectivity index (χ2n) is 9.78. The van der Waals surface area contributed by atoms with Gasteiger partial charge in [-0.1, -0.05) is 72.8 Å². The van der Waals surface area contributed by atoms with Crippen LogP contribution in [0.15, 0.2) is 109 Å². The van der Waals surface area contributed by atoms with Gasteiger partial charge in [-0.3, -0.25) is 14.4 Å². The number of rotatable bonds is 12. The molecule has 4 aromatic carbocycles. The summed E-state index contributed by atoms with van der Waals surface area (Å²) in [6.45, 7) is 4.45. The van der Waals surface area contributed by atoms with Crippen molar-refractivity contribution < 1.29 is 38.1 Å². The van der Waals surface area contributed by atoms with Crippen molar-refractivity contribution in [2.24, 2.45) is 0 Å². The Hall–Kier alpha value is -5.15. The fraction of sp³-hybridized carbons (Fsp3) is 0.243. The van der Waals surface area contributed by atoms with Gasteiger partial charge < -0.3 is 24.7 Å². The molecule has 47 heavy (non-hydrogen) atoms. The van der Waals surface area contributed by atoms with Crippen LogP contribution in [0, 0.1) is 0 Å². The summed E-state index contributed by atoms with van der Waals surface area (Å²) in [4.78, 5) is 44.4. The second kappa shape index (κ2) is 22.4. The van der Waals surface area contributed by atoms with Crippen LogP contribution in [0.1, 0.15) is 43.4 Å². The highest BCUT2D eigenvalue weighted by Gasteiger charge is 2.07. The quantitative estimate of drug-likeness (QED) is 0.0709. The monoisotopic (exact) mass is 661 g/mol. The molecule has 0 saturated heterocycles. The average molecular weight is 662 g/mol.